The van der Waals surface area contributed by atoms with Crippen LogP contribution in [0.25, 0.3) is 33.3 Å². The second-order valence-corrected chi connectivity index (χ2v) is 5.92. The van der Waals surface area contributed by atoms with Crippen molar-refractivity contribution in [3.8, 4) is 39.8 Å². The highest BCUT2D eigenvalue weighted by Gasteiger charge is 2.13. The average Bonchev–Trinajstić information content (AvgIpc) is 3.18. The lowest BCUT2D eigenvalue weighted by molar-refractivity contribution is 0.355. The van der Waals surface area contributed by atoms with E-state index in [0.717, 1.165) is 27.7 Å². The van der Waals surface area contributed by atoms with E-state index in [0.29, 0.717) is 17.1 Å². The number of phenolic OH excluding ortho intramolecular Hbond substituents is 1. The molecule has 4 aromatic rings. The van der Waals surface area contributed by atoms with Crippen LogP contribution in [-0.4, -0.2) is 29.5 Å². The summed E-state index contributed by atoms with van der Waals surface area (Å²) in [4.78, 5) is 0. The fourth-order valence-corrected chi connectivity index (χ4v) is 3.08. The summed E-state index contributed by atoms with van der Waals surface area (Å²) in [5.74, 6) is 1.55. The van der Waals surface area contributed by atoms with Crippen LogP contribution in [0.15, 0.2) is 60.7 Å². The van der Waals surface area contributed by atoms with Gasteiger partial charge >= 0.3 is 0 Å². The fourth-order valence-electron chi connectivity index (χ4n) is 3.08. The molecular formula is C21H18N2O3. The van der Waals surface area contributed by atoms with Gasteiger partial charge in [0, 0.05) is 16.5 Å². The van der Waals surface area contributed by atoms with Gasteiger partial charge in [0.05, 0.1) is 25.6 Å². The Morgan fingerprint density at radius 1 is 0.885 bits per heavy atom. The van der Waals surface area contributed by atoms with E-state index in [1.807, 2.05) is 60.7 Å². The molecule has 3 aromatic carbocycles. The molecule has 0 aliphatic carbocycles. The summed E-state index contributed by atoms with van der Waals surface area (Å²) in [6, 6.07) is 19.2. The lowest BCUT2D eigenvalue weighted by Gasteiger charge is -2.08. The van der Waals surface area contributed by atoms with E-state index in [1.165, 1.54) is 0 Å². The minimum atomic E-state index is 0.241. The molecule has 130 valence electrons. The second kappa shape index (κ2) is 6.44. The van der Waals surface area contributed by atoms with Gasteiger partial charge in [-0.2, -0.15) is 5.10 Å². The highest BCUT2D eigenvalue weighted by molar-refractivity contribution is 5.94. The molecule has 1 aromatic heterocycles. The number of aromatic nitrogens is 2. The second-order valence-electron chi connectivity index (χ2n) is 5.92. The van der Waals surface area contributed by atoms with Crippen LogP contribution in [0.4, 0.5) is 0 Å². The highest BCUT2D eigenvalue weighted by Crippen LogP contribution is 2.37. The summed E-state index contributed by atoms with van der Waals surface area (Å²) in [5, 5.41) is 19.8. The van der Waals surface area contributed by atoms with Crippen LogP contribution in [0.1, 0.15) is 0 Å². The first-order valence-electron chi connectivity index (χ1n) is 8.20. The Morgan fingerprint density at radius 2 is 1.69 bits per heavy atom. The maximum Gasteiger partial charge on any atom is 0.161 e. The summed E-state index contributed by atoms with van der Waals surface area (Å²) < 4.78 is 10.6. The van der Waals surface area contributed by atoms with Crippen molar-refractivity contribution in [3.63, 3.8) is 0 Å². The zero-order valence-corrected chi connectivity index (χ0v) is 14.5. The van der Waals surface area contributed by atoms with Gasteiger partial charge < -0.3 is 14.6 Å². The van der Waals surface area contributed by atoms with Crippen molar-refractivity contribution in [1.82, 2.24) is 10.2 Å². The quantitative estimate of drug-likeness (QED) is 0.566. The molecule has 0 aliphatic heterocycles. The molecule has 0 bridgehead atoms. The van der Waals surface area contributed by atoms with E-state index in [9.17, 15) is 5.11 Å². The molecule has 5 nitrogen and oxygen atoms in total. The van der Waals surface area contributed by atoms with Gasteiger partial charge in [0.15, 0.2) is 11.5 Å². The maximum absolute atomic E-state index is 10.6. The van der Waals surface area contributed by atoms with Gasteiger partial charge in [-0.15, -0.1) is 0 Å². The Hall–Kier alpha value is -3.47. The van der Waals surface area contributed by atoms with Crippen molar-refractivity contribution in [2.24, 2.45) is 0 Å². The Kier molecular flexibility index (Phi) is 3.97. The van der Waals surface area contributed by atoms with Crippen molar-refractivity contribution in [2.45, 2.75) is 0 Å². The molecule has 26 heavy (non-hydrogen) atoms. The Bertz CT molecular complexity index is 1090. The van der Waals surface area contributed by atoms with Crippen molar-refractivity contribution in [2.75, 3.05) is 14.2 Å². The molecule has 0 unspecified atom stereocenters. The molecule has 0 saturated carbocycles. The first-order chi connectivity index (χ1) is 12.7. The first kappa shape index (κ1) is 16.0. The number of aromatic hydroxyl groups is 1. The van der Waals surface area contributed by atoms with E-state index in [1.54, 1.807) is 14.2 Å². The van der Waals surface area contributed by atoms with Crippen molar-refractivity contribution >= 4 is 10.8 Å². The molecule has 5 heteroatoms. The van der Waals surface area contributed by atoms with Crippen LogP contribution in [-0.2, 0) is 0 Å². The maximum atomic E-state index is 10.6. The molecule has 0 aliphatic rings. The minimum Gasteiger partial charge on any atom is -0.507 e. The third kappa shape index (κ3) is 2.63. The molecule has 4 rings (SSSR count). The van der Waals surface area contributed by atoms with Crippen LogP contribution in [0.3, 0.4) is 0 Å². The third-order valence-corrected chi connectivity index (χ3v) is 4.45. The zero-order chi connectivity index (χ0) is 18.1. The standard InChI is InChI=1S/C21H18N2O3/c1-25-19-10-8-14(11-20(19)26-2)17-12-18(23-22-17)16-9-7-13-5-3-4-6-15(13)21(16)24/h3-12,24H,1-2H3,(H,22,23). The van der Waals surface area contributed by atoms with Gasteiger partial charge in [0.1, 0.15) is 5.75 Å². The lowest BCUT2D eigenvalue weighted by atomic mass is 10.0. The van der Waals surface area contributed by atoms with Gasteiger partial charge in [0.25, 0.3) is 0 Å². The Morgan fingerprint density at radius 3 is 2.50 bits per heavy atom. The number of hydrogen-bond acceptors (Lipinski definition) is 4. The molecule has 0 amide bonds. The van der Waals surface area contributed by atoms with Gasteiger partial charge in [-0.3, -0.25) is 5.10 Å². The molecule has 1 heterocycles. The van der Waals surface area contributed by atoms with E-state index in [4.69, 9.17) is 9.47 Å². The zero-order valence-electron chi connectivity index (χ0n) is 14.5. The number of nitrogens with one attached hydrogen (secondary N) is 1. The highest BCUT2D eigenvalue weighted by atomic mass is 16.5. The normalized spacial score (nSPS) is 10.8. The third-order valence-electron chi connectivity index (χ3n) is 4.45. The van der Waals surface area contributed by atoms with Gasteiger partial charge in [-0.25, -0.2) is 0 Å². The van der Waals surface area contributed by atoms with Crippen molar-refractivity contribution < 1.29 is 14.6 Å². The lowest BCUT2D eigenvalue weighted by Crippen LogP contribution is -1.90. The first-order valence-corrected chi connectivity index (χ1v) is 8.20. The van der Waals surface area contributed by atoms with Gasteiger partial charge in [0.2, 0.25) is 0 Å². The Balaban J connectivity index is 1.76. The van der Waals surface area contributed by atoms with Crippen LogP contribution >= 0.6 is 0 Å². The summed E-state index contributed by atoms with van der Waals surface area (Å²) in [6.07, 6.45) is 0. The van der Waals surface area contributed by atoms with Crippen molar-refractivity contribution in [1.29, 1.82) is 0 Å². The van der Waals surface area contributed by atoms with Gasteiger partial charge in [-0.05, 0) is 35.7 Å². The molecule has 0 fully saturated rings. The van der Waals surface area contributed by atoms with Crippen LogP contribution < -0.4 is 9.47 Å². The van der Waals surface area contributed by atoms with Crippen LogP contribution in [0.2, 0.25) is 0 Å². The molecule has 2 N–H and O–H groups in total. The van der Waals surface area contributed by atoms with Crippen LogP contribution in [0.5, 0.6) is 17.2 Å². The molecular weight excluding hydrogens is 328 g/mol. The van der Waals surface area contributed by atoms with Crippen LogP contribution in [0, 0.1) is 0 Å². The number of nitrogens with zero attached hydrogens (tertiary/aromatic N) is 1. The average molecular weight is 346 g/mol. The summed E-state index contributed by atoms with van der Waals surface area (Å²) >= 11 is 0. The number of H-pyrrole nitrogens is 1. The minimum absolute atomic E-state index is 0.241. The number of hydrogen-bond donors (Lipinski definition) is 2. The number of ether oxygens (including phenoxy) is 2. The van der Waals surface area contributed by atoms with Crippen molar-refractivity contribution in [3.05, 3.63) is 60.7 Å². The topological polar surface area (TPSA) is 67.4 Å². The largest absolute Gasteiger partial charge is 0.507 e. The van der Waals surface area contributed by atoms with E-state index >= 15 is 0 Å². The molecule has 0 atom stereocenters. The number of phenols is 1. The predicted octanol–water partition coefficient (Wildman–Crippen LogP) is 4.62. The number of aromatic amines is 1. The monoisotopic (exact) mass is 346 g/mol. The number of rotatable bonds is 4. The smallest absolute Gasteiger partial charge is 0.161 e. The van der Waals surface area contributed by atoms with E-state index in [2.05, 4.69) is 10.2 Å². The SMILES string of the molecule is COc1ccc(-c2cc(-c3ccc4ccccc4c3O)[nH]n2)cc1OC. The number of benzene rings is 3. The van der Waals surface area contributed by atoms with E-state index < -0.39 is 0 Å². The summed E-state index contributed by atoms with van der Waals surface area (Å²) in [5.41, 5.74) is 3.11. The predicted molar refractivity (Wildman–Crippen MR) is 102 cm³/mol. The van der Waals surface area contributed by atoms with Gasteiger partial charge in [-0.1, -0.05) is 30.3 Å². The molecule has 0 radical (unpaired) electrons. The summed E-state index contributed by atoms with van der Waals surface area (Å²) in [6.45, 7) is 0. The number of fused-ring (bicyclic) bond motifs is 1. The summed E-state index contributed by atoms with van der Waals surface area (Å²) in [7, 11) is 3.21. The molecule has 0 saturated heterocycles. The van der Waals surface area contributed by atoms with E-state index in [-0.39, 0.29) is 5.75 Å². The molecule has 0 spiro atoms. The number of methoxy groups -OCH3 is 2. The fraction of sp³-hybridized carbons (Fsp3) is 0.0952. The Labute approximate surface area is 150 Å².